The number of halogens is 1. The predicted octanol–water partition coefficient (Wildman–Crippen LogP) is 2.97. The summed E-state index contributed by atoms with van der Waals surface area (Å²) in [5.41, 5.74) is 0.983. The highest BCUT2D eigenvalue weighted by Gasteiger charge is 2.43. The molecule has 3 atom stereocenters. The van der Waals surface area contributed by atoms with Gasteiger partial charge in [0.15, 0.2) is 0 Å². The lowest BCUT2D eigenvalue weighted by Crippen LogP contribution is -2.45. The largest absolute Gasteiger partial charge is 0.481 e. The molecule has 20 heavy (non-hydrogen) atoms. The Labute approximate surface area is 123 Å². The first-order valence-electron chi connectivity index (χ1n) is 6.66. The van der Waals surface area contributed by atoms with Gasteiger partial charge in [-0.2, -0.15) is 0 Å². The van der Waals surface area contributed by atoms with Crippen molar-refractivity contribution in [2.45, 2.75) is 25.8 Å². The number of carboxylic acids is 1. The monoisotopic (exact) mass is 295 g/mol. The number of nitrogens with zero attached hydrogens (tertiary/aromatic N) is 1. The van der Waals surface area contributed by atoms with Crippen LogP contribution in [0.25, 0.3) is 0 Å². The Morgan fingerprint density at radius 3 is 2.25 bits per heavy atom. The lowest BCUT2D eigenvalue weighted by molar-refractivity contribution is -0.156. The number of carbonyl (C=O) groups excluding carboxylic acids is 1. The molecular weight excluding hydrogens is 278 g/mol. The van der Waals surface area contributed by atoms with Gasteiger partial charge in [-0.25, -0.2) is 0 Å². The van der Waals surface area contributed by atoms with Crippen molar-refractivity contribution in [1.82, 2.24) is 4.90 Å². The zero-order chi connectivity index (χ0) is 14.9. The quantitative estimate of drug-likeness (QED) is 0.929. The minimum absolute atomic E-state index is 0.0916. The van der Waals surface area contributed by atoms with Gasteiger partial charge in [-0.3, -0.25) is 9.59 Å². The molecule has 1 amide bonds. The smallest absolute Gasteiger partial charge is 0.307 e. The minimum Gasteiger partial charge on any atom is -0.481 e. The lowest BCUT2D eigenvalue weighted by atomic mass is 9.72. The first-order chi connectivity index (χ1) is 9.41. The van der Waals surface area contributed by atoms with Gasteiger partial charge in [0.25, 0.3) is 0 Å². The van der Waals surface area contributed by atoms with Gasteiger partial charge in [-0.05, 0) is 37.5 Å². The second-order valence-corrected chi connectivity index (χ2v) is 5.74. The van der Waals surface area contributed by atoms with Gasteiger partial charge in [0.2, 0.25) is 5.91 Å². The summed E-state index contributed by atoms with van der Waals surface area (Å²) in [6, 6.07) is 7.23. The molecule has 4 nitrogen and oxygen atoms in total. The molecule has 0 heterocycles. The van der Waals surface area contributed by atoms with Gasteiger partial charge in [0.1, 0.15) is 0 Å². The Hall–Kier alpha value is -1.55. The van der Waals surface area contributed by atoms with Crippen molar-refractivity contribution in [1.29, 1.82) is 0 Å². The van der Waals surface area contributed by atoms with Crippen LogP contribution in [0.1, 0.15) is 31.4 Å². The molecule has 0 saturated heterocycles. The third kappa shape index (κ3) is 2.80. The van der Waals surface area contributed by atoms with Crippen molar-refractivity contribution in [2.75, 3.05) is 7.05 Å². The maximum atomic E-state index is 12.4. The Morgan fingerprint density at radius 1 is 1.25 bits per heavy atom. The fourth-order valence-corrected chi connectivity index (χ4v) is 2.63. The summed E-state index contributed by atoms with van der Waals surface area (Å²) in [5, 5.41) is 9.69. The van der Waals surface area contributed by atoms with Crippen LogP contribution in [0.2, 0.25) is 5.02 Å². The Kier molecular flexibility index (Phi) is 4.33. The number of aliphatic carboxylic acids is 1. The van der Waals surface area contributed by atoms with E-state index in [4.69, 9.17) is 16.7 Å². The Balaban J connectivity index is 2.06. The molecule has 3 unspecified atom stereocenters. The molecule has 0 radical (unpaired) electrons. The van der Waals surface area contributed by atoms with Gasteiger partial charge in [-0.15, -0.1) is 0 Å². The third-order valence-corrected chi connectivity index (χ3v) is 4.44. The number of hydrogen-bond acceptors (Lipinski definition) is 2. The fourth-order valence-electron chi connectivity index (χ4n) is 2.51. The maximum absolute atomic E-state index is 12.4. The zero-order valence-corrected chi connectivity index (χ0v) is 12.3. The highest BCUT2D eigenvalue weighted by molar-refractivity contribution is 6.30. The summed E-state index contributed by atoms with van der Waals surface area (Å²) < 4.78 is 0. The van der Waals surface area contributed by atoms with E-state index in [0.29, 0.717) is 17.9 Å². The van der Waals surface area contributed by atoms with Crippen molar-refractivity contribution in [3.63, 3.8) is 0 Å². The van der Waals surface area contributed by atoms with E-state index in [2.05, 4.69) is 0 Å². The second-order valence-electron chi connectivity index (χ2n) is 5.31. The summed E-state index contributed by atoms with van der Waals surface area (Å²) in [5.74, 6) is -1.87. The van der Waals surface area contributed by atoms with Crippen LogP contribution in [0, 0.1) is 11.8 Å². The van der Waals surface area contributed by atoms with Crippen LogP contribution in [0.5, 0.6) is 0 Å². The first kappa shape index (κ1) is 14.9. The molecule has 1 aliphatic carbocycles. The van der Waals surface area contributed by atoms with E-state index in [1.807, 2.05) is 19.1 Å². The van der Waals surface area contributed by atoms with Gasteiger partial charge >= 0.3 is 5.97 Å². The second kappa shape index (κ2) is 5.83. The average molecular weight is 296 g/mol. The number of amides is 1. The van der Waals surface area contributed by atoms with E-state index in [9.17, 15) is 9.59 Å². The average Bonchev–Trinajstić information content (AvgIpc) is 2.35. The molecule has 1 aliphatic rings. The minimum atomic E-state index is -0.873. The SMILES string of the molecule is CC(c1ccc(Cl)cc1)N(C)C(=O)C1CCC1C(=O)O. The molecule has 1 aromatic rings. The van der Waals surface area contributed by atoms with Crippen LogP contribution < -0.4 is 0 Å². The molecule has 1 fully saturated rings. The van der Waals surface area contributed by atoms with Crippen molar-refractivity contribution in [3.8, 4) is 0 Å². The topological polar surface area (TPSA) is 57.6 Å². The number of carboxylic acid groups (broad SMARTS) is 1. The van der Waals surface area contributed by atoms with Gasteiger partial charge in [-0.1, -0.05) is 23.7 Å². The van der Waals surface area contributed by atoms with Crippen molar-refractivity contribution in [2.24, 2.45) is 11.8 Å². The number of hydrogen-bond donors (Lipinski definition) is 1. The molecule has 0 aromatic heterocycles. The standard InChI is InChI=1S/C15H18ClNO3/c1-9(10-3-5-11(16)6-4-10)17(2)14(18)12-7-8-13(12)15(19)20/h3-6,9,12-13H,7-8H2,1-2H3,(H,19,20). The van der Waals surface area contributed by atoms with Crippen LogP contribution >= 0.6 is 11.6 Å². The van der Waals surface area contributed by atoms with E-state index in [1.54, 1.807) is 24.1 Å². The summed E-state index contributed by atoms with van der Waals surface area (Å²) in [6.07, 6.45) is 1.25. The molecule has 0 bridgehead atoms. The summed E-state index contributed by atoms with van der Waals surface area (Å²) in [4.78, 5) is 25.0. The third-order valence-electron chi connectivity index (χ3n) is 4.19. The van der Waals surface area contributed by atoms with Crippen LogP contribution in [0.3, 0.4) is 0 Å². The van der Waals surface area contributed by atoms with Crippen LogP contribution in [-0.2, 0) is 9.59 Å². The number of carbonyl (C=O) groups is 2. The van der Waals surface area contributed by atoms with E-state index in [-0.39, 0.29) is 17.9 Å². The molecule has 1 N–H and O–H groups in total. The zero-order valence-electron chi connectivity index (χ0n) is 11.5. The molecule has 5 heteroatoms. The van der Waals surface area contributed by atoms with Gasteiger partial charge < -0.3 is 10.0 Å². The van der Waals surface area contributed by atoms with E-state index in [0.717, 1.165) is 5.56 Å². The van der Waals surface area contributed by atoms with Crippen LogP contribution in [-0.4, -0.2) is 28.9 Å². The number of rotatable bonds is 4. The molecule has 1 saturated carbocycles. The first-order valence-corrected chi connectivity index (χ1v) is 7.04. The molecular formula is C15H18ClNO3. The highest BCUT2D eigenvalue weighted by Crippen LogP contribution is 2.37. The molecule has 1 aromatic carbocycles. The Bertz CT molecular complexity index is 514. The van der Waals surface area contributed by atoms with Crippen molar-refractivity contribution >= 4 is 23.5 Å². The maximum Gasteiger partial charge on any atom is 0.307 e. The van der Waals surface area contributed by atoms with E-state index >= 15 is 0 Å². The van der Waals surface area contributed by atoms with Crippen molar-refractivity contribution < 1.29 is 14.7 Å². The van der Waals surface area contributed by atoms with Crippen LogP contribution in [0.4, 0.5) is 0 Å². The predicted molar refractivity (Wildman–Crippen MR) is 76.5 cm³/mol. The highest BCUT2D eigenvalue weighted by atomic mass is 35.5. The van der Waals surface area contributed by atoms with Crippen molar-refractivity contribution in [3.05, 3.63) is 34.9 Å². The summed E-state index contributed by atoms with van der Waals surface area (Å²) in [6.45, 7) is 1.93. The molecule has 108 valence electrons. The molecule has 0 spiro atoms. The summed E-state index contributed by atoms with van der Waals surface area (Å²) >= 11 is 5.85. The molecule has 2 rings (SSSR count). The van der Waals surface area contributed by atoms with E-state index in [1.165, 1.54) is 0 Å². The van der Waals surface area contributed by atoms with Gasteiger partial charge in [0, 0.05) is 12.1 Å². The normalized spacial score (nSPS) is 22.8. The lowest BCUT2D eigenvalue weighted by Gasteiger charge is -2.37. The number of benzene rings is 1. The summed E-state index contributed by atoms with van der Waals surface area (Å²) in [7, 11) is 1.72. The Morgan fingerprint density at radius 2 is 1.80 bits per heavy atom. The fraction of sp³-hybridized carbons (Fsp3) is 0.467. The van der Waals surface area contributed by atoms with E-state index < -0.39 is 11.9 Å². The molecule has 0 aliphatic heterocycles. The van der Waals surface area contributed by atoms with Gasteiger partial charge in [0.05, 0.1) is 17.9 Å². The van der Waals surface area contributed by atoms with Crippen LogP contribution in [0.15, 0.2) is 24.3 Å².